The number of fused-ring (bicyclic) bond motifs is 1. The molecule has 1 aliphatic carbocycles. The smallest absolute Gasteiger partial charge is 0.311 e. The van der Waals surface area contributed by atoms with E-state index in [-0.39, 0.29) is 11.8 Å². The zero-order chi connectivity index (χ0) is 15.7. The van der Waals surface area contributed by atoms with Crippen LogP contribution in [0.5, 0.6) is 5.75 Å². The lowest BCUT2D eigenvalue weighted by Crippen LogP contribution is -2.12. The molecule has 1 aromatic heterocycles. The van der Waals surface area contributed by atoms with Gasteiger partial charge in [0.05, 0.1) is 22.6 Å². The maximum atomic E-state index is 11.3. The van der Waals surface area contributed by atoms with Crippen molar-refractivity contribution in [2.75, 3.05) is 0 Å². The van der Waals surface area contributed by atoms with Crippen LogP contribution in [0.2, 0.25) is 0 Å². The van der Waals surface area contributed by atoms with E-state index < -0.39 is 4.92 Å². The molecular formula is C16H21N3O3. The van der Waals surface area contributed by atoms with Crippen molar-refractivity contribution in [1.29, 1.82) is 0 Å². The maximum absolute atomic E-state index is 11.3. The zero-order valence-electron chi connectivity index (χ0n) is 13.0. The first-order valence-electron chi connectivity index (χ1n) is 7.88. The Balaban J connectivity index is 2.01. The van der Waals surface area contributed by atoms with Gasteiger partial charge in [0.2, 0.25) is 0 Å². The third kappa shape index (κ3) is 2.91. The van der Waals surface area contributed by atoms with E-state index in [1.807, 2.05) is 24.7 Å². The van der Waals surface area contributed by atoms with E-state index in [4.69, 9.17) is 4.74 Å². The van der Waals surface area contributed by atoms with Crippen LogP contribution >= 0.6 is 0 Å². The molecule has 1 saturated carbocycles. The minimum atomic E-state index is -0.394. The van der Waals surface area contributed by atoms with Gasteiger partial charge in [-0.1, -0.05) is 19.3 Å². The van der Waals surface area contributed by atoms with Crippen molar-refractivity contribution in [3.8, 4) is 5.75 Å². The van der Waals surface area contributed by atoms with Gasteiger partial charge >= 0.3 is 5.69 Å². The predicted molar refractivity (Wildman–Crippen MR) is 84.3 cm³/mol. The molecule has 0 amide bonds. The topological polar surface area (TPSA) is 70.2 Å². The summed E-state index contributed by atoms with van der Waals surface area (Å²) in [6.45, 7) is 3.71. The number of rotatable bonds is 4. The monoisotopic (exact) mass is 303 g/mol. The average Bonchev–Trinajstić information content (AvgIpc) is 2.89. The Morgan fingerprint density at radius 2 is 2.05 bits per heavy atom. The molecular weight excluding hydrogens is 282 g/mol. The highest BCUT2D eigenvalue weighted by Gasteiger charge is 2.21. The molecule has 118 valence electrons. The largest absolute Gasteiger partial charge is 0.484 e. The van der Waals surface area contributed by atoms with Crippen molar-refractivity contribution in [2.45, 2.75) is 58.1 Å². The fourth-order valence-corrected chi connectivity index (χ4v) is 3.08. The van der Waals surface area contributed by atoms with Crippen LogP contribution in [0.25, 0.3) is 10.9 Å². The molecule has 6 heteroatoms. The fraction of sp³-hybridized carbons (Fsp3) is 0.562. The molecule has 0 spiro atoms. The van der Waals surface area contributed by atoms with Crippen LogP contribution in [0.3, 0.4) is 0 Å². The van der Waals surface area contributed by atoms with Gasteiger partial charge in [-0.15, -0.1) is 0 Å². The Hall–Kier alpha value is -2.11. The van der Waals surface area contributed by atoms with E-state index in [9.17, 15) is 10.1 Å². The third-order valence-electron chi connectivity index (χ3n) is 4.11. The summed E-state index contributed by atoms with van der Waals surface area (Å²) < 4.78 is 7.56. The lowest BCUT2D eigenvalue weighted by Gasteiger charge is -2.21. The van der Waals surface area contributed by atoms with Gasteiger partial charge in [-0.2, -0.15) is 5.10 Å². The van der Waals surface area contributed by atoms with E-state index in [0.29, 0.717) is 11.8 Å². The normalized spacial score (nSPS) is 16.3. The molecule has 2 aromatic rings. The number of nitrogens with zero attached hydrogens (tertiary/aromatic N) is 3. The van der Waals surface area contributed by atoms with E-state index >= 15 is 0 Å². The van der Waals surface area contributed by atoms with Crippen LogP contribution in [0.15, 0.2) is 18.3 Å². The molecule has 0 saturated heterocycles. The number of ether oxygens (including phenoxy) is 1. The second kappa shape index (κ2) is 5.94. The number of nitro benzene ring substituents is 1. The van der Waals surface area contributed by atoms with Gasteiger partial charge in [-0.05, 0) is 26.7 Å². The summed E-state index contributed by atoms with van der Waals surface area (Å²) in [6, 6.07) is 3.67. The quantitative estimate of drug-likeness (QED) is 0.625. The van der Waals surface area contributed by atoms with Crippen molar-refractivity contribution in [1.82, 2.24) is 9.78 Å². The Bertz CT molecular complexity index is 687. The van der Waals surface area contributed by atoms with Crippen LogP contribution in [0.1, 0.15) is 52.0 Å². The summed E-state index contributed by atoms with van der Waals surface area (Å²) in [4.78, 5) is 10.9. The van der Waals surface area contributed by atoms with E-state index in [1.165, 1.54) is 19.3 Å². The third-order valence-corrected chi connectivity index (χ3v) is 4.11. The molecule has 22 heavy (non-hydrogen) atoms. The average molecular weight is 303 g/mol. The van der Waals surface area contributed by atoms with Crippen molar-refractivity contribution >= 4 is 16.6 Å². The first kappa shape index (κ1) is 14.8. The second-order valence-corrected chi connectivity index (χ2v) is 6.20. The molecule has 1 fully saturated rings. The lowest BCUT2D eigenvalue weighted by atomic mass is 9.96. The summed E-state index contributed by atoms with van der Waals surface area (Å²) in [5, 5.41) is 16.7. The fourth-order valence-electron chi connectivity index (χ4n) is 3.08. The highest BCUT2D eigenvalue weighted by atomic mass is 16.6. The lowest BCUT2D eigenvalue weighted by molar-refractivity contribution is -0.385. The number of hydrogen-bond acceptors (Lipinski definition) is 4. The van der Waals surface area contributed by atoms with Gasteiger partial charge in [-0.3, -0.25) is 14.8 Å². The molecule has 0 aliphatic heterocycles. The van der Waals surface area contributed by atoms with Crippen molar-refractivity contribution < 1.29 is 9.66 Å². The Morgan fingerprint density at radius 3 is 2.68 bits per heavy atom. The summed E-state index contributed by atoms with van der Waals surface area (Å²) >= 11 is 0. The highest BCUT2D eigenvalue weighted by molar-refractivity contribution is 5.83. The Morgan fingerprint density at radius 1 is 1.32 bits per heavy atom. The molecule has 3 rings (SSSR count). The minimum absolute atomic E-state index is 0.00407. The second-order valence-electron chi connectivity index (χ2n) is 6.20. The summed E-state index contributed by atoms with van der Waals surface area (Å²) in [7, 11) is 0. The van der Waals surface area contributed by atoms with Crippen LogP contribution in [-0.4, -0.2) is 20.8 Å². The van der Waals surface area contributed by atoms with Crippen molar-refractivity contribution in [3.63, 3.8) is 0 Å². The van der Waals surface area contributed by atoms with Gasteiger partial charge in [0, 0.05) is 23.7 Å². The van der Waals surface area contributed by atoms with Gasteiger partial charge in [0.15, 0.2) is 5.75 Å². The first-order valence-corrected chi connectivity index (χ1v) is 7.88. The van der Waals surface area contributed by atoms with Crippen LogP contribution in [-0.2, 0) is 0 Å². The SMILES string of the molecule is CC(C)Oc1cc2nn(C3CCCCC3)cc2cc1[N+](=O)[O-]. The molecule has 1 heterocycles. The van der Waals surface area contributed by atoms with Gasteiger partial charge in [0.25, 0.3) is 0 Å². The van der Waals surface area contributed by atoms with E-state index in [1.54, 1.807) is 12.1 Å². The van der Waals surface area contributed by atoms with Gasteiger partial charge in [-0.25, -0.2) is 0 Å². The number of hydrogen-bond donors (Lipinski definition) is 0. The van der Waals surface area contributed by atoms with Crippen LogP contribution in [0, 0.1) is 10.1 Å². The highest BCUT2D eigenvalue weighted by Crippen LogP contribution is 2.34. The standard InChI is InChI=1S/C16H21N3O3/c1-11(2)22-16-9-14-12(8-15(16)19(20)21)10-18(17-14)13-6-4-3-5-7-13/h8-11,13H,3-7H2,1-2H3. The zero-order valence-corrected chi connectivity index (χ0v) is 13.0. The minimum Gasteiger partial charge on any atom is -0.484 e. The van der Waals surface area contributed by atoms with Gasteiger partial charge < -0.3 is 4.74 Å². The molecule has 1 aliphatic rings. The van der Waals surface area contributed by atoms with Crippen molar-refractivity contribution in [3.05, 3.63) is 28.4 Å². The van der Waals surface area contributed by atoms with Gasteiger partial charge in [0.1, 0.15) is 0 Å². The summed E-state index contributed by atoms with van der Waals surface area (Å²) in [5.41, 5.74) is 0.760. The predicted octanol–water partition coefficient (Wildman–Crippen LogP) is 4.24. The Kier molecular flexibility index (Phi) is 4.00. The molecule has 0 radical (unpaired) electrons. The summed E-state index contributed by atoms with van der Waals surface area (Å²) in [6.07, 6.45) is 7.81. The van der Waals surface area contributed by atoms with Crippen LogP contribution in [0.4, 0.5) is 5.69 Å². The molecule has 1 aromatic carbocycles. The van der Waals surface area contributed by atoms with E-state index in [0.717, 1.165) is 23.7 Å². The summed E-state index contributed by atoms with van der Waals surface area (Å²) in [5.74, 6) is 0.293. The number of aromatic nitrogens is 2. The number of nitro groups is 1. The van der Waals surface area contributed by atoms with Crippen molar-refractivity contribution in [2.24, 2.45) is 0 Å². The Labute approximate surface area is 129 Å². The number of benzene rings is 1. The molecule has 0 atom stereocenters. The molecule has 0 N–H and O–H groups in total. The van der Waals surface area contributed by atoms with E-state index in [2.05, 4.69) is 5.10 Å². The first-order chi connectivity index (χ1) is 10.5. The van der Waals surface area contributed by atoms with Crippen LogP contribution < -0.4 is 4.74 Å². The maximum Gasteiger partial charge on any atom is 0.311 e. The molecule has 0 unspecified atom stereocenters. The molecule has 6 nitrogen and oxygen atoms in total. The molecule has 0 bridgehead atoms.